The molecule has 0 atom stereocenters. The van der Waals surface area contributed by atoms with Crippen LogP contribution < -0.4 is 15.5 Å². The summed E-state index contributed by atoms with van der Waals surface area (Å²) in [6, 6.07) is 23.2. The van der Waals surface area contributed by atoms with Gasteiger partial charge in [-0.15, -0.1) is 0 Å². The van der Waals surface area contributed by atoms with Crippen molar-refractivity contribution in [3.63, 3.8) is 0 Å². The molecule has 1 heterocycles. The van der Waals surface area contributed by atoms with E-state index in [0.717, 1.165) is 29.9 Å². The Labute approximate surface area is 170 Å². The summed E-state index contributed by atoms with van der Waals surface area (Å²) in [6.07, 6.45) is 2.51. The Balaban J connectivity index is 1.47. The largest absolute Gasteiger partial charge is 0.372 e. The number of nitrogens with one attached hydrogen (secondary N) is 2. The molecule has 0 spiro atoms. The first kappa shape index (κ1) is 18.4. The van der Waals surface area contributed by atoms with Gasteiger partial charge < -0.3 is 15.5 Å². The molecule has 0 unspecified atom stereocenters. The number of anilines is 3. The van der Waals surface area contributed by atoms with Crippen molar-refractivity contribution in [3.05, 3.63) is 77.8 Å². The van der Waals surface area contributed by atoms with E-state index in [-0.39, 0.29) is 6.03 Å². The van der Waals surface area contributed by atoms with Gasteiger partial charge in [0.15, 0.2) is 0 Å². The lowest BCUT2D eigenvalue weighted by atomic mass is 10.0. The van der Waals surface area contributed by atoms with Crippen molar-refractivity contribution in [1.82, 2.24) is 0 Å². The average Bonchev–Trinajstić information content (AvgIpc) is 3.25. The maximum absolute atomic E-state index is 12.3. The van der Waals surface area contributed by atoms with Crippen molar-refractivity contribution in [2.45, 2.75) is 12.8 Å². The lowest BCUT2D eigenvalue weighted by molar-refractivity contribution is 0.262. The smallest absolute Gasteiger partial charge is 0.323 e. The van der Waals surface area contributed by atoms with Gasteiger partial charge in [0.1, 0.15) is 0 Å². The van der Waals surface area contributed by atoms with Gasteiger partial charge in [0.25, 0.3) is 0 Å². The molecule has 0 saturated carbocycles. The van der Waals surface area contributed by atoms with Gasteiger partial charge in [0.2, 0.25) is 0 Å². The Bertz CT molecular complexity index is 966. The van der Waals surface area contributed by atoms with E-state index in [1.54, 1.807) is 24.3 Å². The first-order valence-electron chi connectivity index (χ1n) is 9.46. The van der Waals surface area contributed by atoms with Crippen molar-refractivity contribution < 1.29 is 4.79 Å². The third-order valence-electron chi connectivity index (χ3n) is 4.87. The highest BCUT2D eigenvalue weighted by atomic mass is 35.5. The van der Waals surface area contributed by atoms with E-state index in [4.69, 9.17) is 11.6 Å². The molecule has 0 aliphatic carbocycles. The van der Waals surface area contributed by atoms with Crippen molar-refractivity contribution in [1.29, 1.82) is 0 Å². The number of nitrogens with zero attached hydrogens (tertiary/aromatic N) is 1. The van der Waals surface area contributed by atoms with Gasteiger partial charge in [-0.25, -0.2) is 4.79 Å². The molecule has 5 heteroatoms. The highest BCUT2D eigenvalue weighted by Crippen LogP contribution is 2.28. The van der Waals surface area contributed by atoms with E-state index in [2.05, 4.69) is 45.9 Å². The average molecular weight is 392 g/mol. The van der Waals surface area contributed by atoms with Crippen LogP contribution >= 0.6 is 11.6 Å². The number of amides is 2. The molecule has 4 nitrogen and oxygen atoms in total. The molecule has 1 aliphatic rings. The minimum Gasteiger partial charge on any atom is -0.372 e. The molecular formula is C23H22ClN3O. The van der Waals surface area contributed by atoms with E-state index in [0.29, 0.717) is 10.7 Å². The summed E-state index contributed by atoms with van der Waals surface area (Å²) < 4.78 is 0. The summed E-state index contributed by atoms with van der Waals surface area (Å²) in [4.78, 5) is 14.7. The van der Waals surface area contributed by atoms with E-state index >= 15 is 0 Å². The van der Waals surface area contributed by atoms with Gasteiger partial charge in [-0.2, -0.15) is 0 Å². The Kier molecular flexibility index (Phi) is 5.49. The molecule has 1 fully saturated rings. The predicted molar refractivity (Wildman–Crippen MR) is 117 cm³/mol. The fourth-order valence-electron chi connectivity index (χ4n) is 3.46. The number of halogens is 1. The zero-order valence-corrected chi connectivity index (χ0v) is 16.2. The van der Waals surface area contributed by atoms with Crippen molar-refractivity contribution in [2.75, 3.05) is 28.6 Å². The second-order valence-corrected chi connectivity index (χ2v) is 7.35. The Hall–Kier alpha value is -2.98. The quantitative estimate of drug-likeness (QED) is 0.552. The summed E-state index contributed by atoms with van der Waals surface area (Å²) in [5.41, 5.74) is 4.91. The monoisotopic (exact) mass is 391 g/mol. The van der Waals surface area contributed by atoms with Crippen LogP contribution in [0.1, 0.15) is 12.8 Å². The number of benzene rings is 3. The molecule has 142 valence electrons. The highest BCUT2D eigenvalue weighted by Gasteiger charge is 2.13. The molecule has 3 aromatic rings. The van der Waals surface area contributed by atoms with Crippen LogP contribution in [0, 0.1) is 0 Å². The number of hydrogen-bond acceptors (Lipinski definition) is 2. The van der Waals surface area contributed by atoms with Crippen LogP contribution in [0.3, 0.4) is 0 Å². The van der Waals surface area contributed by atoms with Crippen LogP contribution in [0.4, 0.5) is 21.9 Å². The third-order valence-corrected chi connectivity index (χ3v) is 5.13. The topological polar surface area (TPSA) is 44.4 Å². The minimum absolute atomic E-state index is 0.287. The molecule has 0 aromatic heterocycles. The van der Waals surface area contributed by atoms with Gasteiger partial charge in [-0.1, -0.05) is 35.9 Å². The SMILES string of the molecule is O=C(Nc1ccc(Cl)cc1)Nc1cccc(-c2cccc(N3CCCC3)c2)c1. The van der Waals surface area contributed by atoms with Crippen LogP contribution in [0.25, 0.3) is 11.1 Å². The molecular weight excluding hydrogens is 370 g/mol. The summed E-state index contributed by atoms with van der Waals surface area (Å²) in [7, 11) is 0. The van der Waals surface area contributed by atoms with Crippen molar-refractivity contribution in [2.24, 2.45) is 0 Å². The van der Waals surface area contributed by atoms with E-state index in [9.17, 15) is 4.79 Å². The zero-order valence-electron chi connectivity index (χ0n) is 15.5. The number of carbonyl (C=O) groups is 1. The minimum atomic E-state index is -0.287. The normalized spacial score (nSPS) is 13.4. The summed E-state index contributed by atoms with van der Waals surface area (Å²) in [6.45, 7) is 2.24. The lowest BCUT2D eigenvalue weighted by Crippen LogP contribution is -2.19. The maximum Gasteiger partial charge on any atom is 0.323 e. The van der Waals surface area contributed by atoms with E-state index in [1.807, 2.05) is 18.2 Å². The molecule has 3 aromatic carbocycles. The van der Waals surface area contributed by atoms with Crippen LogP contribution in [0.15, 0.2) is 72.8 Å². The zero-order chi connectivity index (χ0) is 19.3. The second-order valence-electron chi connectivity index (χ2n) is 6.91. The van der Waals surface area contributed by atoms with E-state index < -0.39 is 0 Å². The fourth-order valence-corrected chi connectivity index (χ4v) is 3.59. The van der Waals surface area contributed by atoms with Crippen molar-refractivity contribution >= 4 is 34.7 Å². The van der Waals surface area contributed by atoms with Gasteiger partial charge in [-0.3, -0.25) is 0 Å². The van der Waals surface area contributed by atoms with Gasteiger partial charge in [-0.05, 0) is 72.5 Å². The molecule has 0 radical (unpaired) electrons. The third kappa shape index (κ3) is 4.46. The van der Waals surface area contributed by atoms with Crippen LogP contribution in [0.5, 0.6) is 0 Å². The van der Waals surface area contributed by atoms with Crippen LogP contribution in [0.2, 0.25) is 5.02 Å². The first-order chi connectivity index (χ1) is 13.7. The Morgan fingerprint density at radius 2 is 1.43 bits per heavy atom. The second kappa shape index (κ2) is 8.36. The Morgan fingerprint density at radius 3 is 2.18 bits per heavy atom. The van der Waals surface area contributed by atoms with Crippen LogP contribution in [-0.4, -0.2) is 19.1 Å². The summed E-state index contributed by atoms with van der Waals surface area (Å²) >= 11 is 5.87. The fraction of sp³-hybridized carbons (Fsp3) is 0.174. The van der Waals surface area contributed by atoms with E-state index in [1.165, 1.54) is 18.5 Å². The molecule has 1 aliphatic heterocycles. The summed E-state index contributed by atoms with van der Waals surface area (Å²) in [5.74, 6) is 0. The first-order valence-corrected chi connectivity index (χ1v) is 9.84. The predicted octanol–water partition coefficient (Wildman–Crippen LogP) is 6.25. The highest BCUT2D eigenvalue weighted by molar-refractivity contribution is 6.30. The molecule has 28 heavy (non-hydrogen) atoms. The molecule has 0 bridgehead atoms. The number of rotatable bonds is 4. The molecule has 1 saturated heterocycles. The van der Waals surface area contributed by atoms with Gasteiger partial charge >= 0.3 is 6.03 Å². The summed E-state index contributed by atoms with van der Waals surface area (Å²) in [5, 5.41) is 6.33. The van der Waals surface area contributed by atoms with Gasteiger partial charge in [0, 0.05) is 35.2 Å². The number of urea groups is 1. The Morgan fingerprint density at radius 1 is 0.786 bits per heavy atom. The van der Waals surface area contributed by atoms with Gasteiger partial charge in [0.05, 0.1) is 0 Å². The standard InChI is InChI=1S/C23H22ClN3O/c24-19-9-11-20(12-10-19)25-23(28)26-21-7-3-5-17(15-21)18-6-4-8-22(16-18)27-13-1-2-14-27/h3-12,15-16H,1-2,13-14H2,(H2,25,26,28). The maximum atomic E-state index is 12.3. The number of carbonyl (C=O) groups excluding carboxylic acids is 1. The molecule has 2 amide bonds. The van der Waals surface area contributed by atoms with Crippen molar-refractivity contribution in [3.8, 4) is 11.1 Å². The lowest BCUT2D eigenvalue weighted by Gasteiger charge is -2.18. The molecule has 2 N–H and O–H groups in total. The van der Waals surface area contributed by atoms with Crippen LogP contribution in [-0.2, 0) is 0 Å². The molecule has 4 rings (SSSR count). The number of hydrogen-bond donors (Lipinski definition) is 2.